The van der Waals surface area contributed by atoms with Crippen molar-refractivity contribution in [3.63, 3.8) is 0 Å². The van der Waals surface area contributed by atoms with Crippen molar-refractivity contribution in [3.8, 4) is 0 Å². The molecule has 0 heterocycles. The minimum atomic E-state index is -1.08. The van der Waals surface area contributed by atoms with E-state index in [2.05, 4.69) is 15.3 Å². The summed E-state index contributed by atoms with van der Waals surface area (Å²) in [5.41, 5.74) is 8.49. The molecule has 1 atom stereocenters. The van der Waals surface area contributed by atoms with Crippen molar-refractivity contribution >= 4 is 29.2 Å². The molecular formula is C10H10Cl2N4O2. The monoisotopic (exact) mass is 288 g/mol. The minimum Gasteiger partial charge on any atom is -0.480 e. The van der Waals surface area contributed by atoms with Crippen LogP contribution in [0.2, 0.25) is 10.0 Å². The molecule has 18 heavy (non-hydrogen) atoms. The fourth-order valence-corrected chi connectivity index (χ4v) is 1.79. The first kappa shape index (κ1) is 14.6. The first-order valence-electron chi connectivity index (χ1n) is 4.99. The van der Waals surface area contributed by atoms with Crippen LogP contribution >= 0.6 is 23.2 Å². The summed E-state index contributed by atoms with van der Waals surface area (Å²) in [6.45, 7) is 0.377. The summed E-state index contributed by atoms with van der Waals surface area (Å²) in [5, 5.41) is 15.7. The van der Waals surface area contributed by atoms with Crippen LogP contribution in [0, 0.1) is 0 Å². The normalized spacial score (nSPS) is 11.7. The third-order valence-corrected chi connectivity index (χ3v) is 3.00. The molecule has 96 valence electrons. The fraction of sp³-hybridized carbons (Fsp3) is 0.300. The Hall–Kier alpha value is -1.46. The summed E-state index contributed by atoms with van der Waals surface area (Å²) in [6.07, 6.45) is 0. The lowest BCUT2D eigenvalue weighted by atomic mass is 10.1. The lowest BCUT2D eigenvalue weighted by molar-refractivity contribution is -0.139. The Morgan fingerprint density at radius 3 is 2.89 bits per heavy atom. The van der Waals surface area contributed by atoms with E-state index in [1.165, 1.54) is 0 Å². The molecule has 0 aromatic heterocycles. The predicted molar refractivity (Wildman–Crippen MR) is 68.9 cm³/mol. The fourth-order valence-electron chi connectivity index (χ4n) is 1.38. The van der Waals surface area contributed by atoms with E-state index in [-0.39, 0.29) is 23.1 Å². The molecule has 0 bridgehead atoms. The quantitative estimate of drug-likeness (QED) is 0.364. The van der Waals surface area contributed by atoms with Gasteiger partial charge >= 0.3 is 5.97 Å². The number of benzene rings is 1. The van der Waals surface area contributed by atoms with Crippen molar-refractivity contribution in [2.45, 2.75) is 6.04 Å². The number of carbonyl (C=O) groups is 1. The second-order valence-electron chi connectivity index (χ2n) is 3.32. The number of carboxylic acids is 1. The Morgan fingerprint density at radius 2 is 2.28 bits per heavy atom. The van der Waals surface area contributed by atoms with Gasteiger partial charge in [-0.2, -0.15) is 0 Å². The van der Waals surface area contributed by atoms with Gasteiger partial charge in [-0.3, -0.25) is 4.79 Å². The Kier molecular flexibility index (Phi) is 5.74. The highest BCUT2D eigenvalue weighted by Gasteiger charge is 2.22. The molecule has 0 saturated heterocycles. The maximum absolute atomic E-state index is 11.2. The van der Waals surface area contributed by atoms with E-state index in [9.17, 15) is 4.79 Å². The lowest BCUT2D eigenvalue weighted by Crippen LogP contribution is -2.30. The van der Waals surface area contributed by atoms with E-state index in [0.29, 0.717) is 5.56 Å². The van der Waals surface area contributed by atoms with Gasteiger partial charge in [0.15, 0.2) is 0 Å². The van der Waals surface area contributed by atoms with E-state index in [1.54, 1.807) is 18.2 Å². The molecule has 1 unspecified atom stereocenters. The molecule has 0 saturated carbocycles. The van der Waals surface area contributed by atoms with Gasteiger partial charge in [0, 0.05) is 23.6 Å². The minimum absolute atomic E-state index is 0.151. The van der Waals surface area contributed by atoms with Crippen molar-refractivity contribution < 1.29 is 9.90 Å². The standard InChI is InChI=1S/C10H10Cl2N4O2/c11-7-3-1-2-6(8(7)12)9(10(17)18)14-4-5-15-16-13/h1-3,9,14H,4-5H2,(H,17,18). The summed E-state index contributed by atoms with van der Waals surface area (Å²) in [6, 6.07) is 3.78. The first-order chi connectivity index (χ1) is 8.57. The van der Waals surface area contributed by atoms with Crippen LogP contribution in [0.5, 0.6) is 0 Å². The number of halogens is 2. The molecule has 0 radical (unpaired) electrons. The zero-order chi connectivity index (χ0) is 13.5. The number of carboxylic acid groups (broad SMARTS) is 1. The second kappa shape index (κ2) is 7.08. The number of hydrogen-bond donors (Lipinski definition) is 2. The summed E-state index contributed by atoms with van der Waals surface area (Å²) in [4.78, 5) is 13.7. The average Bonchev–Trinajstić information content (AvgIpc) is 2.33. The zero-order valence-corrected chi connectivity index (χ0v) is 10.7. The molecule has 2 N–H and O–H groups in total. The number of nitrogens with one attached hydrogen (secondary N) is 1. The van der Waals surface area contributed by atoms with Gasteiger partial charge < -0.3 is 10.4 Å². The summed E-state index contributed by atoms with van der Waals surface area (Å²) in [5.74, 6) is -1.08. The average molecular weight is 289 g/mol. The molecule has 0 aliphatic rings. The lowest BCUT2D eigenvalue weighted by Gasteiger charge is -2.16. The molecule has 1 aromatic rings. The van der Waals surface area contributed by atoms with Crippen LogP contribution in [0.4, 0.5) is 0 Å². The topological polar surface area (TPSA) is 98.1 Å². The number of azide groups is 1. The van der Waals surface area contributed by atoms with Crippen LogP contribution in [0.3, 0.4) is 0 Å². The van der Waals surface area contributed by atoms with Gasteiger partial charge in [0.2, 0.25) is 0 Å². The Bertz CT molecular complexity index is 489. The van der Waals surface area contributed by atoms with Gasteiger partial charge in [0.25, 0.3) is 0 Å². The summed E-state index contributed by atoms with van der Waals surface area (Å²) in [7, 11) is 0. The van der Waals surface area contributed by atoms with Crippen LogP contribution < -0.4 is 5.32 Å². The zero-order valence-electron chi connectivity index (χ0n) is 9.18. The van der Waals surface area contributed by atoms with Gasteiger partial charge in [-0.25, -0.2) is 0 Å². The molecule has 6 nitrogen and oxygen atoms in total. The van der Waals surface area contributed by atoms with Crippen molar-refractivity contribution in [3.05, 3.63) is 44.3 Å². The molecule has 0 aliphatic heterocycles. The predicted octanol–water partition coefficient (Wildman–Crippen LogP) is 3.02. The van der Waals surface area contributed by atoms with Crippen molar-refractivity contribution in [1.82, 2.24) is 5.32 Å². The van der Waals surface area contributed by atoms with Crippen molar-refractivity contribution in [1.29, 1.82) is 0 Å². The molecular weight excluding hydrogens is 279 g/mol. The van der Waals surface area contributed by atoms with E-state index in [0.717, 1.165) is 0 Å². The van der Waals surface area contributed by atoms with Crippen LogP contribution in [0.1, 0.15) is 11.6 Å². The third-order valence-electron chi connectivity index (χ3n) is 2.16. The molecule has 0 aliphatic carbocycles. The van der Waals surface area contributed by atoms with Gasteiger partial charge in [-0.05, 0) is 11.6 Å². The third kappa shape index (κ3) is 3.78. The smallest absolute Gasteiger partial charge is 0.325 e. The molecule has 0 amide bonds. The highest BCUT2D eigenvalue weighted by atomic mass is 35.5. The molecule has 0 spiro atoms. The molecule has 1 aromatic carbocycles. The Labute approximate surface area is 113 Å². The number of hydrogen-bond acceptors (Lipinski definition) is 3. The molecule has 0 fully saturated rings. The SMILES string of the molecule is [N-]=[N+]=NCCNC(C(=O)O)c1cccc(Cl)c1Cl. The Balaban J connectivity index is 2.87. The summed E-state index contributed by atoms with van der Waals surface area (Å²) < 4.78 is 0. The van der Waals surface area contributed by atoms with Crippen LogP contribution in [-0.4, -0.2) is 24.2 Å². The van der Waals surface area contributed by atoms with Crippen LogP contribution in [0.15, 0.2) is 23.3 Å². The van der Waals surface area contributed by atoms with Crippen LogP contribution in [0.25, 0.3) is 10.4 Å². The van der Waals surface area contributed by atoms with Gasteiger partial charge in [-0.1, -0.05) is 40.4 Å². The molecule has 1 rings (SSSR count). The second-order valence-corrected chi connectivity index (χ2v) is 4.11. The largest absolute Gasteiger partial charge is 0.480 e. The van der Waals surface area contributed by atoms with Crippen molar-refractivity contribution in [2.24, 2.45) is 5.11 Å². The highest BCUT2D eigenvalue weighted by Crippen LogP contribution is 2.29. The van der Waals surface area contributed by atoms with E-state index in [4.69, 9.17) is 33.8 Å². The van der Waals surface area contributed by atoms with Gasteiger partial charge in [-0.15, -0.1) is 0 Å². The summed E-state index contributed by atoms with van der Waals surface area (Å²) >= 11 is 11.8. The highest BCUT2D eigenvalue weighted by molar-refractivity contribution is 6.42. The first-order valence-corrected chi connectivity index (χ1v) is 5.74. The number of nitrogens with zero attached hydrogens (tertiary/aromatic N) is 3. The Morgan fingerprint density at radius 1 is 1.56 bits per heavy atom. The van der Waals surface area contributed by atoms with Gasteiger partial charge in [0.05, 0.1) is 10.0 Å². The molecule has 8 heteroatoms. The maximum atomic E-state index is 11.2. The van der Waals surface area contributed by atoms with Gasteiger partial charge in [0.1, 0.15) is 6.04 Å². The van der Waals surface area contributed by atoms with Crippen molar-refractivity contribution in [2.75, 3.05) is 13.1 Å². The van der Waals surface area contributed by atoms with E-state index >= 15 is 0 Å². The number of aliphatic carboxylic acids is 1. The van der Waals surface area contributed by atoms with E-state index < -0.39 is 12.0 Å². The van der Waals surface area contributed by atoms with E-state index in [1.807, 2.05) is 0 Å². The maximum Gasteiger partial charge on any atom is 0.325 e. The number of rotatable bonds is 6. The van der Waals surface area contributed by atoms with Crippen LogP contribution in [-0.2, 0) is 4.79 Å².